The lowest BCUT2D eigenvalue weighted by Crippen LogP contribution is -2.42. The molecule has 2 aromatic carbocycles. The molecule has 35 heavy (non-hydrogen) atoms. The molecule has 2 heterocycles. The van der Waals surface area contributed by atoms with Crippen LogP contribution in [-0.4, -0.2) is 39.6 Å². The number of rotatable bonds is 7. The van der Waals surface area contributed by atoms with Crippen molar-refractivity contribution < 1.29 is 27.1 Å². The summed E-state index contributed by atoms with van der Waals surface area (Å²) in [4.78, 5) is 16.1. The Balaban J connectivity index is 1.74. The maximum Gasteiger partial charge on any atom is 0.268 e. The zero-order valence-electron chi connectivity index (χ0n) is 19.6. The SMILES string of the molecule is COc1cc(OC)c(S(=O)(=O)N2c3ccccc3CC[C@@H]2C)cc1NC(=O)Cc1ccnc(F)c1. The smallest absolute Gasteiger partial charge is 0.268 e. The number of amides is 1. The number of aromatic nitrogens is 1. The van der Waals surface area contributed by atoms with Crippen molar-refractivity contribution in [3.05, 3.63) is 71.8 Å². The summed E-state index contributed by atoms with van der Waals surface area (Å²) >= 11 is 0. The fourth-order valence-electron chi connectivity index (χ4n) is 4.23. The number of hydrogen-bond donors (Lipinski definition) is 1. The van der Waals surface area contributed by atoms with Crippen molar-refractivity contribution in [2.75, 3.05) is 23.8 Å². The van der Waals surface area contributed by atoms with Crippen LogP contribution in [0.15, 0.2) is 59.6 Å². The summed E-state index contributed by atoms with van der Waals surface area (Å²) in [6.45, 7) is 1.86. The first kappa shape index (κ1) is 24.5. The summed E-state index contributed by atoms with van der Waals surface area (Å²) in [6, 6.07) is 12.6. The van der Waals surface area contributed by atoms with Crippen molar-refractivity contribution in [2.45, 2.75) is 37.1 Å². The highest BCUT2D eigenvalue weighted by Gasteiger charge is 2.36. The molecule has 10 heteroatoms. The number of benzene rings is 2. The molecule has 1 aromatic heterocycles. The third-order valence-corrected chi connectivity index (χ3v) is 7.86. The van der Waals surface area contributed by atoms with Crippen LogP contribution in [0.3, 0.4) is 0 Å². The number of nitrogens with one attached hydrogen (secondary N) is 1. The molecule has 0 bridgehead atoms. The van der Waals surface area contributed by atoms with Gasteiger partial charge in [-0.15, -0.1) is 0 Å². The van der Waals surface area contributed by atoms with E-state index < -0.39 is 21.9 Å². The number of pyridine rings is 1. The molecular weight excluding hydrogens is 473 g/mol. The third-order valence-electron chi connectivity index (χ3n) is 5.91. The van der Waals surface area contributed by atoms with E-state index in [4.69, 9.17) is 9.47 Å². The van der Waals surface area contributed by atoms with Gasteiger partial charge in [0.2, 0.25) is 11.9 Å². The van der Waals surface area contributed by atoms with Gasteiger partial charge in [0, 0.05) is 18.3 Å². The minimum Gasteiger partial charge on any atom is -0.495 e. The van der Waals surface area contributed by atoms with E-state index in [0.717, 1.165) is 18.1 Å². The molecule has 0 spiro atoms. The monoisotopic (exact) mass is 499 g/mol. The van der Waals surface area contributed by atoms with Gasteiger partial charge in [0.15, 0.2) is 0 Å². The highest BCUT2D eigenvalue weighted by Crippen LogP contribution is 2.41. The number of nitrogens with zero attached hydrogens (tertiary/aromatic N) is 2. The Labute approximate surface area is 203 Å². The fraction of sp³-hybridized carbons (Fsp3) is 0.280. The molecule has 1 atom stereocenters. The maximum absolute atomic E-state index is 14.0. The molecule has 1 aliphatic rings. The van der Waals surface area contributed by atoms with E-state index in [1.807, 2.05) is 19.1 Å². The zero-order valence-corrected chi connectivity index (χ0v) is 20.4. The number of carbonyl (C=O) groups is 1. The van der Waals surface area contributed by atoms with Gasteiger partial charge in [-0.1, -0.05) is 18.2 Å². The van der Waals surface area contributed by atoms with Gasteiger partial charge in [0.1, 0.15) is 16.4 Å². The largest absolute Gasteiger partial charge is 0.495 e. The first-order valence-electron chi connectivity index (χ1n) is 11.0. The molecule has 1 amide bonds. The van der Waals surface area contributed by atoms with Gasteiger partial charge >= 0.3 is 0 Å². The predicted octanol–water partition coefficient (Wildman–Crippen LogP) is 3.95. The molecule has 0 saturated carbocycles. The number of aryl methyl sites for hydroxylation is 1. The van der Waals surface area contributed by atoms with Crippen LogP contribution in [0.5, 0.6) is 11.5 Å². The first-order chi connectivity index (χ1) is 16.7. The Kier molecular flexibility index (Phi) is 6.93. The lowest BCUT2D eigenvalue weighted by Gasteiger charge is -2.36. The van der Waals surface area contributed by atoms with E-state index in [0.29, 0.717) is 17.7 Å². The lowest BCUT2D eigenvalue weighted by molar-refractivity contribution is -0.115. The van der Waals surface area contributed by atoms with Crippen LogP contribution in [0.2, 0.25) is 0 Å². The lowest BCUT2D eigenvalue weighted by atomic mass is 9.99. The van der Waals surface area contributed by atoms with Crippen LogP contribution in [0, 0.1) is 5.95 Å². The second-order valence-corrected chi connectivity index (χ2v) is 10.0. The van der Waals surface area contributed by atoms with E-state index in [1.165, 1.54) is 42.9 Å². The molecule has 1 N–H and O–H groups in total. The topological polar surface area (TPSA) is 97.8 Å². The molecule has 3 aromatic rings. The van der Waals surface area contributed by atoms with Gasteiger partial charge in [0.05, 0.1) is 32.0 Å². The van der Waals surface area contributed by atoms with Gasteiger partial charge in [-0.05, 0) is 55.2 Å². The van der Waals surface area contributed by atoms with Crippen molar-refractivity contribution in [3.63, 3.8) is 0 Å². The second kappa shape index (κ2) is 9.91. The number of sulfonamides is 1. The molecule has 4 rings (SSSR count). The molecule has 0 unspecified atom stereocenters. The number of para-hydroxylation sites is 1. The number of fused-ring (bicyclic) bond motifs is 1. The van der Waals surface area contributed by atoms with Crippen LogP contribution >= 0.6 is 0 Å². The van der Waals surface area contributed by atoms with Gasteiger partial charge < -0.3 is 14.8 Å². The molecule has 1 aliphatic heterocycles. The van der Waals surface area contributed by atoms with E-state index in [2.05, 4.69) is 10.3 Å². The van der Waals surface area contributed by atoms with Crippen molar-refractivity contribution in [2.24, 2.45) is 0 Å². The highest BCUT2D eigenvalue weighted by molar-refractivity contribution is 7.93. The minimum absolute atomic E-state index is 0.0892. The van der Waals surface area contributed by atoms with Crippen LogP contribution < -0.4 is 19.1 Å². The zero-order chi connectivity index (χ0) is 25.2. The van der Waals surface area contributed by atoms with E-state index in [9.17, 15) is 17.6 Å². The maximum atomic E-state index is 14.0. The summed E-state index contributed by atoms with van der Waals surface area (Å²) in [7, 11) is -1.30. The predicted molar refractivity (Wildman–Crippen MR) is 130 cm³/mol. The summed E-state index contributed by atoms with van der Waals surface area (Å²) in [5, 5.41) is 2.68. The van der Waals surface area contributed by atoms with Crippen LogP contribution in [0.1, 0.15) is 24.5 Å². The Bertz CT molecular complexity index is 1360. The Morgan fingerprint density at radius 2 is 1.89 bits per heavy atom. The average Bonchev–Trinajstić information content (AvgIpc) is 2.83. The normalized spacial score (nSPS) is 15.3. The number of anilines is 2. The van der Waals surface area contributed by atoms with Crippen molar-refractivity contribution in [1.82, 2.24) is 4.98 Å². The van der Waals surface area contributed by atoms with Gasteiger partial charge in [0.25, 0.3) is 10.0 Å². The van der Waals surface area contributed by atoms with E-state index in [-0.39, 0.29) is 34.5 Å². The summed E-state index contributed by atoms with van der Waals surface area (Å²) in [6.07, 6.45) is 2.59. The first-order valence-corrected chi connectivity index (χ1v) is 12.5. The molecular formula is C25H26FN3O5S. The number of methoxy groups -OCH3 is 2. The van der Waals surface area contributed by atoms with E-state index in [1.54, 1.807) is 12.1 Å². The average molecular weight is 500 g/mol. The molecule has 0 saturated heterocycles. The van der Waals surface area contributed by atoms with Crippen molar-refractivity contribution >= 4 is 27.3 Å². The van der Waals surface area contributed by atoms with Gasteiger partial charge in [-0.3, -0.25) is 9.10 Å². The van der Waals surface area contributed by atoms with Gasteiger partial charge in [-0.25, -0.2) is 13.4 Å². The molecule has 0 fully saturated rings. The Morgan fingerprint density at radius 1 is 1.14 bits per heavy atom. The fourth-order valence-corrected chi connectivity index (χ4v) is 6.12. The van der Waals surface area contributed by atoms with Gasteiger partial charge in [-0.2, -0.15) is 4.39 Å². The van der Waals surface area contributed by atoms with Crippen molar-refractivity contribution in [1.29, 1.82) is 0 Å². The summed E-state index contributed by atoms with van der Waals surface area (Å²) in [5.41, 5.74) is 2.15. The summed E-state index contributed by atoms with van der Waals surface area (Å²) < 4.78 is 53.5. The van der Waals surface area contributed by atoms with Crippen molar-refractivity contribution in [3.8, 4) is 11.5 Å². The molecule has 0 aliphatic carbocycles. The quantitative estimate of drug-likeness (QED) is 0.495. The minimum atomic E-state index is -4.07. The van der Waals surface area contributed by atoms with Crippen LogP contribution in [0.25, 0.3) is 0 Å². The molecule has 8 nitrogen and oxygen atoms in total. The second-order valence-electron chi connectivity index (χ2n) is 8.23. The molecule has 184 valence electrons. The van der Waals surface area contributed by atoms with E-state index >= 15 is 0 Å². The standard InChI is InChI=1S/C25H26FN3O5S/c1-16-8-9-18-6-4-5-7-20(18)29(16)35(31,32)23-14-19(21(33-2)15-22(23)34-3)28-25(30)13-17-10-11-27-24(26)12-17/h4-7,10-12,14-16H,8-9,13H2,1-3H3,(H,28,30)/t16-/m0/s1. The number of hydrogen-bond acceptors (Lipinski definition) is 6. The Morgan fingerprint density at radius 3 is 2.60 bits per heavy atom. The Hall–Kier alpha value is -3.66. The third kappa shape index (κ3) is 4.93. The number of halogens is 1. The highest BCUT2D eigenvalue weighted by atomic mass is 32.2. The number of carbonyl (C=O) groups excluding carboxylic acids is 1. The van der Waals surface area contributed by atoms with Crippen LogP contribution in [-0.2, 0) is 27.7 Å². The summed E-state index contributed by atoms with van der Waals surface area (Å²) in [5.74, 6) is -0.853. The number of ether oxygens (including phenoxy) is 2. The molecule has 0 radical (unpaired) electrons. The van der Waals surface area contributed by atoms with Crippen LogP contribution in [0.4, 0.5) is 15.8 Å².